The second kappa shape index (κ2) is 11.0. The Morgan fingerprint density at radius 1 is 1.45 bits per heavy atom. The molecule has 0 radical (unpaired) electrons. The molecule has 2 amide bonds. The summed E-state index contributed by atoms with van der Waals surface area (Å²) in [5.74, 6) is -0.327. The van der Waals surface area contributed by atoms with Crippen molar-refractivity contribution >= 4 is 51.5 Å². The molecule has 1 aromatic heterocycles. The van der Waals surface area contributed by atoms with Gasteiger partial charge in [0.1, 0.15) is 0 Å². The van der Waals surface area contributed by atoms with Gasteiger partial charge in [-0.3, -0.25) is 9.59 Å². The Labute approximate surface area is 150 Å². The van der Waals surface area contributed by atoms with E-state index in [-0.39, 0.29) is 36.8 Å². The molecule has 1 atom stereocenters. The summed E-state index contributed by atoms with van der Waals surface area (Å²) in [5, 5.41) is 2.88. The van der Waals surface area contributed by atoms with Gasteiger partial charge in [0.15, 0.2) is 0 Å². The lowest BCUT2D eigenvalue weighted by Crippen LogP contribution is -2.45. The third-order valence-electron chi connectivity index (χ3n) is 3.07. The number of amides is 2. The molecule has 0 spiro atoms. The Balaban J connectivity index is 0.00000441. The molecule has 0 saturated heterocycles. The maximum Gasteiger partial charge on any atom is 0.264 e. The average molecular weight is 413 g/mol. The number of hydrogen-bond acceptors (Lipinski definition) is 4. The Kier molecular flexibility index (Phi) is 10.7. The van der Waals surface area contributed by atoms with Crippen LogP contribution in [0.25, 0.3) is 0 Å². The van der Waals surface area contributed by atoms with E-state index in [1.807, 2.05) is 6.07 Å². The highest BCUT2D eigenvalue weighted by molar-refractivity contribution is 9.11. The van der Waals surface area contributed by atoms with Crippen molar-refractivity contribution in [3.05, 3.63) is 20.8 Å². The van der Waals surface area contributed by atoms with Gasteiger partial charge in [-0.2, -0.15) is 0 Å². The van der Waals surface area contributed by atoms with Crippen molar-refractivity contribution in [1.82, 2.24) is 10.2 Å². The smallest absolute Gasteiger partial charge is 0.264 e. The van der Waals surface area contributed by atoms with Gasteiger partial charge in [-0.05, 0) is 34.5 Å². The highest BCUT2D eigenvalue weighted by Crippen LogP contribution is 2.22. The number of nitrogens with one attached hydrogen (secondary N) is 1. The third kappa shape index (κ3) is 7.09. The van der Waals surface area contributed by atoms with E-state index in [0.717, 1.165) is 23.0 Å². The first-order valence-electron chi connectivity index (χ1n) is 6.98. The molecule has 126 valence electrons. The molecule has 1 heterocycles. The summed E-state index contributed by atoms with van der Waals surface area (Å²) in [6.07, 6.45) is 2.96. The van der Waals surface area contributed by atoms with E-state index in [0.29, 0.717) is 11.4 Å². The van der Waals surface area contributed by atoms with E-state index in [2.05, 4.69) is 28.2 Å². The van der Waals surface area contributed by atoms with Crippen LogP contribution >= 0.6 is 39.7 Å². The summed E-state index contributed by atoms with van der Waals surface area (Å²) in [6, 6.07) is 3.55. The van der Waals surface area contributed by atoms with Gasteiger partial charge >= 0.3 is 0 Å². The predicted molar refractivity (Wildman–Crippen MR) is 96.7 cm³/mol. The molecular weight excluding hydrogens is 390 g/mol. The lowest BCUT2D eigenvalue weighted by molar-refractivity contribution is -0.122. The maximum absolute atomic E-state index is 12.1. The minimum Gasteiger partial charge on any atom is -0.351 e. The number of rotatable bonds is 8. The molecule has 8 heteroatoms. The summed E-state index contributed by atoms with van der Waals surface area (Å²) in [6.45, 7) is 2.55. The lowest BCUT2D eigenvalue weighted by atomic mass is 10.1. The Morgan fingerprint density at radius 3 is 2.64 bits per heavy atom. The number of nitrogens with zero attached hydrogens (tertiary/aromatic N) is 1. The molecule has 22 heavy (non-hydrogen) atoms. The monoisotopic (exact) mass is 411 g/mol. The molecule has 1 rings (SSSR count). The molecule has 3 N–H and O–H groups in total. The van der Waals surface area contributed by atoms with Gasteiger partial charge in [-0.25, -0.2) is 0 Å². The zero-order valence-electron chi connectivity index (χ0n) is 12.8. The fraction of sp³-hybridized carbons (Fsp3) is 0.571. The Bertz CT molecular complexity index is 484. The van der Waals surface area contributed by atoms with Crippen molar-refractivity contribution in [3.63, 3.8) is 0 Å². The highest BCUT2D eigenvalue weighted by Gasteiger charge is 2.18. The number of carbonyl (C=O) groups excluding carboxylic acids is 2. The minimum atomic E-state index is -0.173. The predicted octanol–water partition coefficient (Wildman–Crippen LogP) is 2.64. The van der Waals surface area contributed by atoms with Crippen molar-refractivity contribution in [2.75, 3.05) is 20.1 Å². The van der Waals surface area contributed by atoms with Crippen LogP contribution in [0.15, 0.2) is 15.9 Å². The SMILES string of the molecule is CCCCC(CN)NC(=O)CN(C)C(=O)c1ccc(Br)s1.Cl. The second-order valence-electron chi connectivity index (χ2n) is 4.91. The van der Waals surface area contributed by atoms with Crippen LogP contribution in [-0.4, -0.2) is 42.9 Å². The molecule has 0 aliphatic heterocycles. The third-order valence-corrected chi connectivity index (χ3v) is 4.68. The van der Waals surface area contributed by atoms with Gasteiger partial charge in [0.2, 0.25) is 5.91 Å². The molecule has 5 nitrogen and oxygen atoms in total. The number of halogens is 2. The summed E-state index contributed by atoms with van der Waals surface area (Å²) in [4.78, 5) is 26.1. The average Bonchev–Trinajstić information content (AvgIpc) is 2.88. The molecule has 0 aromatic carbocycles. The number of nitrogens with two attached hydrogens (primary N) is 1. The van der Waals surface area contributed by atoms with Crippen molar-refractivity contribution in [2.24, 2.45) is 5.73 Å². The number of thiophene rings is 1. The quantitative estimate of drug-likeness (QED) is 0.689. The second-order valence-corrected chi connectivity index (χ2v) is 7.37. The van der Waals surface area contributed by atoms with Gasteiger partial charge in [0.25, 0.3) is 5.91 Å². The summed E-state index contributed by atoms with van der Waals surface area (Å²) in [5.41, 5.74) is 5.65. The maximum atomic E-state index is 12.1. The van der Waals surface area contributed by atoms with E-state index >= 15 is 0 Å². The first-order chi connectivity index (χ1) is 9.97. The van der Waals surface area contributed by atoms with Gasteiger partial charge < -0.3 is 16.0 Å². The first kappa shape index (κ1) is 21.4. The van der Waals surface area contributed by atoms with Crippen LogP contribution in [0, 0.1) is 0 Å². The summed E-state index contributed by atoms with van der Waals surface area (Å²) in [7, 11) is 1.62. The van der Waals surface area contributed by atoms with Crippen molar-refractivity contribution < 1.29 is 9.59 Å². The van der Waals surface area contributed by atoms with Crippen LogP contribution in [0.3, 0.4) is 0 Å². The Hall–Kier alpha value is -0.630. The fourth-order valence-electron chi connectivity index (χ4n) is 1.88. The molecule has 0 aliphatic rings. The van der Waals surface area contributed by atoms with Gasteiger partial charge in [-0.15, -0.1) is 23.7 Å². The largest absolute Gasteiger partial charge is 0.351 e. The minimum absolute atomic E-state index is 0. The van der Waals surface area contributed by atoms with E-state index in [4.69, 9.17) is 5.73 Å². The summed E-state index contributed by atoms with van der Waals surface area (Å²) < 4.78 is 0.895. The molecule has 0 fully saturated rings. The zero-order valence-corrected chi connectivity index (χ0v) is 16.0. The zero-order chi connectivity index (χ0) is 15.8. The van der Waals surface area contributed by atoms with Crippen LogP contribution in [0.5, 0.6) is 0 Å². The van der Waals surface area contributed by atoms with Crippen LogP contribution in [0.4, 0.5) is 0 Å². The van der Waals surface area contributed by atoms with Crippen LogP contribution in [0.2, 0.25) is 0 Å². The first-order valence-corrected chi connectivity index (χ1v) is 8.59. The molecule has 1 unspecified atom stereocenters. The highest BCUT2D eigenvalue weighted by atomic mass is 79.9. The van der Waals surface area contributed by atoms with Crippen LogP contribution < -0.4 is 11.1 Å². The van der Waals surface area contributed by atoms with Crippen molar-refractivity contribution in [3.8, 4) is 0 Å². The molecule has 1 aromatic rings. The lowest BCUT2D eigenvalue weighted by Gasteiger charge is -2.20. The van der Waals surface area contributed by atoms with E-state index in [1.54, 1.807) is 13.1 Å². The van der Waals surface area contributed by atoms with Crippen LogP contribution in [-0.2, 0) is 4.79 Å². The Morgan fingerprint density at radius 2 is 2.14 bits per heavy atom. The van der Waals surface area contributed by atoms with Crippen molar-refractivity contribution in [1.29, 1.82) is 0 Å². The topological polar surface area (TPSA) is 75.4 Å². The standard InChI is InChI=1S/C14H22BrN3O2S.ClH/c1-3-4-5-10(8-16)17-13(19)9-18(2)14(20)11-6-7-12(15)21-11;/h6-7,10H,3-5,8-9,16H2,1-2H3,(H,17,19);1H. The fourth-order valence-corrected chi connectivity index (χ4v) is 3.26. The number of unbranched alkanes of at least 4 members (excludes halogenated alkanes) is 1. The number of hydrogen-bond donors (Lipinski definition) is 2. The van der Waals surface area contributed by atoms with E-state index in [1.165, 1.54) is 16.2 Å². The molecule has 0 saturated carbocycles. The van der Waals surface area contributed by atoms with Crippen molar-refractivity contribution in [2.45, 2.75) is 32.2 Å². The number of likely N-dealkylation sites (N-methyl/N-ethyl adjacent to an activating group) is 1. The van der Waals surface area contributed by atoms with Gasteiger partial charge in [0, 0.05) is 19.6 Å². The van der Waals surface area contributed by atoms with Crippen LogP contribution in [0.1, 0.15) is 35.9 Å². The molecule has 0 bridgehead atoms. The normalized spacial score (nSPS) is 11.5. The van der Waals surface area contributed by atoms with Gasteiger partial charge in [0.05, 0.1) is 15.2 Å². The van der Waals surface area contributed by atoms with Gasteiger partial charge in [-0.1, -0.05) is 19.8 Å². The number of carbonyl (C=O) groups is 2. The molecular formula is C14H23BrClN3O2S. The summed E-state index contributed by atoms with van der Waals surface area (Å²) >= 11 is 4.68. The van der Waals surface area contributed by atoms with E-state index < -0.39 is 0 Å². The molecule has 0 aliphatic carbocycles. The van der Waals surface area contributed by atoms with E-state index in [9.17, 15) is 9.59 Å².